The van der Waals surface area contributed by atoms with Gasteiger partial charge in [-0.3, -0.25) is 4.79 Å². The molecule has 0 N–H and O–H groups in total. The van der Waals surface area contributed by atoms with Crippen LogP contribution in [0, 0.1) is 5.82 Å². The first-order chi connectivity index (χ1) is 8.36. The third-order valence-electron chi connectivity index (χ3n) is 2.86. The fourth-order valence-electron chi connectivity index (χ4n) is 1.89. The fourth-order valence-corrected chi connectivity index (χ4v) is 2.95. The first-order valence-corrected chi connectivity index (χ1v) is 7.69. The summed E-state index contributed by atoms with van der Waals surface area (Å²) >= 11 is 0. The van der Waals surface area contributed by atoms with E-state index in [1.165, 1.54) is 17.0 Å². The Morgan fingerprint density at radius 2 is 1.94 bits per heavy atom. The zero-order chi connectivity index (χ0) is 13.3. The molecule has 18 heavy (non-hydrogen) atoms. The second-order valence-corrected chi connectivity index (χ2v) is 7.11. The lowest BCUT2D eigenvalue weighted by Crippen LogP contribution is -2.26. The van der Waals surface area contributed by atoms with Crippen molar-refractivity contribution in [1.29, 1.82) is 0 Å². The van der Waals surface area contributed by atoms with Crippen molar-refractivity contribution in [3.8, 4) is 0 Å². The second kappa shape index (κ2) is 4.85. The van der Waals surface area contributed by atoms with Crippen LogP contribution >= 0.6 is 10.7 Å². The van der Waals surface area contributed by atoms with Gasteiger partial charge in [-0.05, 0) is 17.7 Å². The molecule has 98 valence electrons. The summed E-state index contributed by atoms with van der Waals surface area (Å²) in [5, 5.41) is -0.855. The highest BCUT2D eigenvalue weighted by Gasteiger charge is 2.37. The molecule has 1 fully saturated rings. The van der Waals surface area contributed by atoms with E-state index in [0.29, 0.717) is 0 Å². The van der Waals surface area contributed by atoms with Crippen molar-refractivity contribution in [2.75, 3.05) is 6.54 Å². The number of benzene rings is 1. The van der Waals surface area contributed by atoms with Crippen molar-refractivity contribution in [2.45, 2.75) is 18.2 Å². The Hall–Kier alpha value is -1.14. The number of carbonyl (C=O) groups is 1. The van der Waals surface area contributed by atoms with E-state index in [9.17, 15) is 17.6 Å². The van der Waals surface area contributed by atoms with Crippen LogP contribution in [0.25, 0.3) is 0 Å². The first-order valence-electron chi connectivity index (χ1n) is 5.32. The van der Waals surface area contributed by atoms with Crippen molar-refractivity contribution in [3.63, 3.8) is 0 Å². The Morgan fingerprint density at radius 3 is 2.44 bits per heavy atom. The van der Waals surface area contributed by atoms with Gasteiger partial charge in [-0.25, -0.2) is 12.8 Å². The summed E-state index contributed by atoms with van der Waals surface area (Å²) < 4.78 is 35.0. The highest BCUT2D eigenvalue weighted by Crippen LogP contribution is 2.22. The number of rotatable bonds is 3. The lowest BCUT2D eigenvalue weighted by molar-refractivity contribution is -0.128. The second-order valence-electron chi connectivity index (χ2n) is 4.20. The van der Waals surface area contributed by atoms with Gasteiger partial charge < -0.3 is 4.90 Å². The molecule has 0 bridgehead atoms. The summed E-state index contributed by atoms with van der Waals surface area (Å²) in [6.07, 6.45) is -0.0902. The molecule has 2 rings (SSSR count). The van der Waals surface area contributed by atoms with Gasteiger partial charge in [-0.2, -0.15) is 0 Å². The Kier molecular flexibility index (Phi) is 3.59. The van der Waals surface area contributed by atoms with Crippen LogP contribution in [0.2, 0.25) is 0 Å². The molecule has 4 nitrogen and oxygen atoms in total. The van der Waals surface area contributed by atoms with Crippen LogP contribution in [0.3, 0.4) is 0 Å². The van der Waals surface area contributed by atoms with Crippen LogP contribution in [0.15, 0.2) is 24.3 Å². The third kappa shape index (κ3) is 3.00. The highest BCUT2D eigenvalue weighted by molar-refractivity contribution is 8.14. The summed E-state index contributed by atoms with van der Waals surface area (Å²) in [6.45, 7) is 0.351. The number of likely N-dealkylation sites (tertiary alicyclic amines) is 1. The predicted octanol–water partition coefficient (Wildman–Crippen LogP) is 1.50. The van der Waals surface area contributed by atoms with Gasteiger partial charge >= 0.3 is 0 Å². The number of hydrogen-bond acceptors (Lipinski definition) is 3. The van der Waals surface area contributed by atoms with Crippen molar-refractivity contribution in [1.82, 2.24) is 4.90 Å². The van der Waals surface area contributed by atoms with Gasteiger partial charge in [0.25, 0.3) is 0 Å². The molecule has 0 aliphatic carbocycles. The smallest absolute Gasteiger partial charge is 0.237 e. The van der Waals surface area contributed by atoms with Crippen LogP contribution in [0.4, 0.5) is 4.39 Å². The van der Waals surface area contributed by atoms with E-state index in [0.717, 1.165) is 5.56 Å². The molecular weight excluding hydrogens is 281 g/mol. The van der Waals surface area contributed by atoms with E-state index in [4.69, 9.17) is 10.7 Å². The summed E-state index contributed by atoms with van der Waals surface area (Å²) in [7, 11) is 1.52. The van der Waals surface area contributed by atoms with Gasteiger partial charge in [0.2, 0.25) is 15.0 Å². The van der Waals surface area contributed by atoms with Gasteiger partial charge in [0.05, 0.1) is 0 Å². The summed E-state index contributed by atoms with van der Waals surface area (Å²) in [5.41, 5.74) is 0.748. The topological polar surface area (TPSA) is 54.5 Å². The molecule has 1 unspecified atom stereocenters. The largest absolute Gasteiger partial charge is 0.337 e. The maximum Gasteiger partial charge on any atom is 0.237 e. The van der Waals surface area contributed by atoms with Crippen LogP contribution in [-0.4, -0.2) is 31.0 Å². The quantitative estimate of drug-likeness (QED) is 0.793. The molecule has 0 aromatic heterocycles. The maximum absolute atomic E-state index is 12.7. The summed E-state index contributed by atoms with van der Waals surface area (Å²) in [6, 6.07) is 5.72. The molecular formula is C11H11ClFNO3S. The van der Waals surface area contributed by atoms with Crippen molar-refractivity contribution in [3.05, 3.63) is 35.6 Å². The van der Waals surface area contributed by atoms with Gasteiger partial charge in [0.15, 0.2) is 0 Å². The molecule has 1 aliphatic rings. The fraction of sp³-hybridized carbons (Fsp3) is 0.364. The minimum atomic E-state index is -3.72. The van der Waals surface area contributed by atoms with Gasteiger partial charge in [-0.15, -0.1) is 0 Å². The minimum Gasteiger partial charge on any atom is -0.337 e. The summed E-state index contributed by atoms with van der Waals surface area (Å²) in [4.78, 5) is 13.0. The van der Waals surface area contributed by atoms with Crippen LogP contribution in [-0.2, 0) is 20.4 Å². The van der Waals surface area contributed by atoms with E-state index in [1.54, 1.807) is 12.1 Å². The number of nitrogens with zero attached hydrogens (tertiary/aromatic N) is 1. The predicted molar refractivity (Wildman–Crippen MR) is 65.0 cm³/mol. The molecule has 1 atom stereocenters. The van der Waals surface area contributed by atoms with E-state index in [-0.39, 0.29) is 31.2 Å². The molecule has 1 aromatic carbocycles. The van der Waals surface area contributed by atoms with E-state index < -0.39 is 14.3 Å². The SMILES string of the molecule is O=C1CC(S(=O)(=O)Cl)CN1Cc1ccc(F)cc1. The molecule has 0 spiro atoms. The standard InChI is InChI=1S/C11H11ClFNO3S/c12-18(16,17)10-5-11(15)14(7-10)6-8-1-3-9(13)4-2-8/h1-4,10H,5-7H2. The lowest BCUT2D eigenvalue weighted by atomic mass is 10.2. The molecule has 0 radical (unpaired) electrons. The lowest BCUT2D eigenvalue weighted by Gasteiger charge is -2.15. The summed E-state index contributed by atoms with van der Waals surface area (Å²) in [5.74, 6) is -0.610. The number of carbonyl (C=O) groups excluding carboxylic acids is 1. The van der Waals surface area contributed by atoms with Crippen LogP contribution in [0.1, 0.15) is 12.0 Å². The van der Waals surface area contributed by atoms with Gasteiger partial charge in [-0.1, -0.05) is 12.1 Å². The number of halogens is 2. The van der Waals surface area contributed by atoms with Crippen molar-refractivity contribution >= 4 is 25.6 Å². The Labute approximate surface area is 109 Å². The maximum atomic E-state index is 12.7. The Bertz CT molecular complexity index is 558. The molecule has 0 saturated carbocycles. The van der Waals surface area contributed by atoms with Crippen LogP contribution in [0.5, 0.6) is 0 Å². The van der Waals surface area contributed by atoms with E-state index in [2.05, 4.69) is 0 Å². The normalized spacial score (nSPS) is 20.4. The van der Waals surface area contributed by atoms with E-state index >= 15 is 0 Å². The van der Waals surface area contributed by atoms with E-state index in [1.807, 2.05) is 0 Å². The van der Waals surface area contributed by atoms with Crippen LogP contribution < -0.4 is 0 Å². The first kappa shape index (κ1) is 13.3. The Balaban J connectivity index is 2.07. The zero-order valence-corrected chi connectivity index (χ0v) is 10.9. The highest BCUT2D eigenvalue weighted by atomic mass is 35.7. The Morgan fingerprint density at radius 1 is 1.33 bits per heavy atom. The average molecular weight is 292 g/mol. The monoisotopic (exact) mass is 291 g/mol. The zero-order valence-electron chi connectivity index (χ0n) is 9.34. The number of hydrogen-bond donors (Lipinski definition) is 0. The van der Waals surface area contributed by atoms with Gasteiger partial charge in [0, 0.05) is 30.2 Å². The molecule has 1 aromatic rings. The van der Waals surface area contributed by atoms with Gasteiger partial charge in [0.1, 0.15) is 11.1 Å². The average Bonchev–Trinajstić information content (AvgIpc) is 2.63. The van der Waals surface area contributed by atoms with Crippen molar-refractivity contribution in [2.24, 2.45) is 0 Å². The molecule has 1 amide bonds. The number of amides is 1. The molecule has 1 heterocycles. The molecule has 1 saturated heterocycles. The minimum absolute atomic E-state index is 0.0854. The molecule has 7 heteroatoms. The third-order valence-corrected chi connectivity index (χ3v) is 4.73. The van der Waals surface area contributed by atoms with Crippen molar-refractivity contribution < 1.29 is 17.6 Å². The molecule has 1 aliphatic heterocycles.